The normalized spacial score (nSPS) is 20.6. The van der Waals surface area contributed by atoms with Gasteiger partial charge in [-0.25, -0.2) is 0 Å². The van der Waals surface area contributed by atoms with Crippen LogP contribution in [0.4, 0.5) is 0 Å². The molecule has 0 radical (unpaired) electrons. The molecule has 2 aromatic carbocycles. The Kier molecular flexibility index (Phi) is 3.98. The zero-order chi connectivity index (χ0) is 15.0. The van der Waals surface area contributed by atoms with Crippen LogP contribution in [-0.2, 0) is 0 Å². The van der Waals surface area contributed by atoms with Gasteiger partial charge in [-0.3, -0.25) is 0 Å². The molecule has 3 rings (SSSR count). The van der Waals surface area contributed by atoms with Gasteiger partial charge >= 0.3 is 0 Å². The maximum absolute atomic E-state index is 10.4. The van der Waals surface area contributed by atoms with Gasteiger partial charge in [-0.1, -0.05) is 29.3 Å². The van der Waals surface area contributed by atoms with E-state index in [0.717, 1.165) is 11.1 Å². The molecule has 0 saturated heterocycles. The van der Waals surface area contributed by atoms with Gasteiger partial charge in [-0.15, -0.1) is 0 Å². The number of hydrogen-bond donors (Lipinski definition) is 1. The van der Waals surface area contributed by atoms with Crippen molar-refractivity contribution in [3.05, 3.63) is 57.6 Å². The first-order valence-electron chi connectivity index (χ1n) is 6.56. The summed E-state index contributed by atoms with van der Waals surface area (Å²) < 4.78 is 11.1. The second-order valence-corrected chi connectivity index (χ2v) is 5.77. The molecule has 21 heavy (non-hydrogen) atoms. The Bertz CT molecular complexity index is 673. The van der Waals surface area contributed by atoms with E-state index in [2.05, 4.69) is 0 Å². The topological polar surface area (TPSA) is 38.7 Å². The molecular formula is C16H14Cl2O3. The Morgan fingerprint density at radius 3 is 2.67 bits per heavy atom. The van der Waals surface area contributed by atoms with Gasteiger partial charge in [0.15, 0.2) is 0 Å². The lowest BCUT2D eigenvalue weighted by atomic mass is 9.95. The molecular weight excluding hydrogens is 311 g/mol. The summed E-state index contributed by atoms with van der Waals surface area (Å²) in [7, 11) is 1.59. The average Bonchev–Trinajstić information content (AvgIpc) is 2.47. The van der Waals surface area contributed by atoms with Crippen LogP contribution in [0.3, 0.4) is 0 Å². The first kappa shape index (κ1) is 14.5. The van der Waals surface area contributed by atoms with Crippen molar-refractivity contribution in [3.8, 4) is 11.5 Å². The number of hydrogen-bond acceptors (Lipinski definition) is 3. The lowest BCUT2D eigenvalue weighted by Gasteiger charge is -2.30. The Hall–Kier alpha value is -1.42. The van der Waals surface area contributed by atoms with Crippen molar-refractivity contribution in [1.29, 1.82) is 0 Å². The highest BCUT2D eigenvalue weighted by Gasteiger charge is 2.29. The second-order valence-electron chi connectivity index (χ2n) is 4.93. The lowest BCUT2D eigenvalue weighted by molar-refractivity contribution is 0.0655. The molecule has 3 nitrogen and oxygen atoms in total. The van der Waals surface area contributed by atoms with E-state index >= 15 is 0 Å². The SMILES string of the molecule is COc1ccc2c(c1)C(O)CC(c1ccc(Cl)cc1Cl)O2. The minimum absolute atomic E-state index is 0.300. The van der Waals surface area contributed by atoms with Crippen molar-refractivity contribution in [2.24, 2.45) is 0 Å². The first-order chi connectivity index (χ1) is 10.1. The molecule has 0 saturated carbocycles. The summed E-state index contributed by atoms with van der Waals surface area (Å²) in [6, 6.07) is 10.7. The van der Waals surface area contributed by atoms with Crippen molar-refractivity contribution < 1.29 is 14.6 Å². The molecule has 1 heterocycles. The average molecular weight is 325 g/mol. The summed E-state index contributed by atoms with van der Waals surface area (Å²) in [5, 5.41) is 11.5. The zero-order valence-electron chi connectivity index (χ0n) is 11.3. The van der Waals surface area contributed by atoms with E-state index in [1.165, 1.54) is 0 Å². The summed E-state index contributed by atoms with van der Waals surface area (Å²) >= 11 is 12.1. The summed E-state index contributed by atoms with van der Waals surface area (Å²) in [4.78, 5) is 0. The summed E-state index contributed by atoms with van der Waals surface area (Å²) in [6.45, 7) is 0. The molecule has 2 aromatic rings. The predicted octanol–water partition coefficient (Wildman–Crippen LogP) is 4.56. The van der Waals surface area contributed by atoms with Crippen molar-refractivity contribution in [3.63, 3.8) is 0 Å². The minimum Gasteiger partial charge on any atom is -0.497 e. The van der Waals surface area contributed by atoms with Crippen LogP contribution in [0, 0.1) is 0 Å². The van der Waals surface area contributed by atoms with E-state index in [1.54, 1.807) is 37.4 Å². The highest BCUT2D eigenvalue weighted by molar-refractivity contribution is 6.35. The van der Waals surface area contributed by atoms with Gasteiger partial charge in [-0.05, 0) is 30.3 Å². The number of rotatable bonds is 2. The van der Waals surface area contributed by atoms with Crippen LogP contribution >= 0.6 is 23.2 Å². The third-order valence-corrected chi connectivity index (χ3v) is 4.15. The fourth-order valence-corrected chi connectivity index (χ4v) is 3.04. The number of aliphatic hydroxyl groups excluding tert-OH is 1. The molecule has 110 valence electrons. The molecule has 2 atom stereocenters. The van der Waals surface area contributed by atoms with Crippen molar-refractivity contribution in [2.45, 2.75) is 18.6 Å². The van der Waals surface area contributed by atoms with Crippen LogP contribution in [0.2, 0.25) is 10.0 Å². The summed E-state index contributed by atoms with van der Waals surface area (Å²) in [6.07, 6.45) is -0.493. The molecule has 2 unspecified atom stereocenters. The van der Waals surface area contributed by atoms with Crippen molar-refractivity contribution in [2.75, 3.05) is 7.11 Å². The number of benzene rings is 2. The van der Waals surface area contributed by atoms with Crippen LogP contribution in [0.5, 0.6) is 11.5 Å². The molecule has 0 fully saturated rings. The number of fused-ring (bicyclic) bond motifs is 1. The number of halogens is 2. The fraction of sp³-hybridized carbons (Fsp3) is 0.250. The molecule has 1 N–H and O–H groups in total. The quantitative estimate of drug-likeness (QED) is 0.880. The highest BCUT2D eigenvalue weighted by Crippen LogP contribution is 2.43. The molecule has 1 aliphatic rings. The largest absolute Gasteiger partial charge is 0.497 e. The molecule has 5 heteroatoms. The van der Waals surface area contributed by atoms with Gasteiger partial charge in [0.25, 0.3) is 0 Å². The van der Waals surface area contributed by atoms with Crippen molar-refractivity contribution in [1.82, 2.24) is 0 Å². The van der Waals surface area contributed by atoms with E-state index in [1.807, 2.05) is 6.07 Å². The number of ether oxygens (including phenoxy) is 2. The molecule has 0 aromatic heterocycles. The number of methoxy groups -OCH3 is 1. The third-order valence-electron chi connectivity index (χ3n) is 3.59. The summed E-state index contributed by atoms with van der Waals surface area (Å²) in [5.41, 5.74) is 1.55. The van der Waals surface area contributed by atoms with E-state index < -0.39 is 6.10 Å². The Labute approximate surface area is 133 Å². The van der Waals surface area contributed by atoms with E-state index in [-0.39, 0.29) is 6.10 Å². The van der Waals surface area contributed by atoms with E-state index in [0.29, 0.717) is 28.0 Å². The zero-order valence-corrected chi connectivity index (χ0v) is 12.9. The number of aliphatic hydroxyl groups is 1. The monoisotopic (exact) mass is 324 g/mol. The van der Waals surface area contributed by atoms with Gasteiger partial charge in [-0.2, -0.15) is 0 Å². The van der Waals surface area contributed by atoms with Crippen molar-refractivity contribution >= 4 is 23.2 Å². The minimum atomic E-state index is -0.624. The molecule has 1 aliphatic heterocycles. The standard InChI is InChI=1S/C16H14Cl2O3/c1-20-10-3-5-15-12(7-10)14(19)8-16(21-15)11-4-2-9(17)6-13(11)18/h2-7,14,16,19H,8H2,1H3. The van der Waals surface area contributed by atoms with Crippen LogP contribution in [0.15, 0.2) is 36.4 Å². The highest BCUT2D eigenvalue weighted by atomic mass is 35.5. The first-order valence-corrected chi connectivity index (χ1v) is 7.31. The van der Waals surface area contributed by atoms with Crippen LogP contribution in [-0.4, -0.2) is 12.2 Å². The van der Waals surface area contributed by atoms with Gasteiger partial charge in [0.1, 0.15) is 17.6 Å². The van der Waals surface area contributed by atoms with Gasteiger partial charge in [0.05, 0.1) is 13.2 Å². The molecule has 0 aliphatic carbocycles. The fourth-order valence-electron chi connectivity index (χ4n) is 2.51. The van der Waals surface area contributed by atoms with Crippen LogP contribution in [0.1, 0.15) is 29.8 Å². The Balaban J connectivity index is 1.94. The molecule has 0 spiro atoms. The Morgan fingerprint density at radius 2 is 1.95 bits per heavy atom. The molecule has 0 amide bonds. The smallest absolute Gasteiger partial charge is 0.128 e. The molecule has 0 bridgehead atoms. The van der Waals surface area contributed by atoms with Crippen LogP contribution in [0.25, 0.3) is 0 Å². The Morgan fingerprint density at radius 1 is 1.14 bits per heavy atom. The van der Waals surface area contributed by atoms with Gasteiger partial charge < -0.3 is 14.6 Å². The lowest BCUT2D eigenvalue weighted by Crippen LogP contribution is -2.19. The summed E-state index contributed by atoms with van der Waals surface area (Å²) in [5.74, 6) is 1.34. The van der Waals surface area contributed by atoms with E-state index in [9.17, 15) is 5.11 Å². The maximum Gasteiger partial charge on any atom is 0.128 e. The van der Waals surface area contributed by atoms with Gasteiger partial charge in [0.2, 0.25) is 0 Å². The second kappa shape index (κ2) is 5.76. The van der Waals surface area contributed by atoms with E-state index in [4.69, 9.17) is 32.7 Å². The maximum atomic E-state index is 10.4. The van der Waals surface area contributed by atoms with Crippen LogP contribution < -0.4 is 9.47 Å². The van der Waals surface area contributed by atoms with Gasteiger partial charge in [0, 0.05) is 27.6 Å². The third kappa shape index (κ3) is 2.82. The predicted molar refractivity (Wildman–Crippen MR) is 82.4 cm³/mol.